The van der Waals surface area contributed by atoms with Crippen LogP contribution in [0.25, 0.3) is 11.0 Å². The minimum absolute atomic E-state index is 0.0643. The molecule has 0 radical (unpaired) electrons. The van der Waals surface area contributed by atoms with Crippen LogP contribution in [-0.4, -0.2) is 94.6 Å². The number of alkyl halides is 4. The maximum atomic E-state index is 16.2. The van der Waals surface area contributed by atoms with Crippen molar-refractivity contribution >= 4 is 56.5 Å². The lowest BCUT2D eigenvalue weighted by Crippen LogP contribution is -2.61. The molecular formula is C38H47ClF4N6O8S. The lowest BCUT2D eigenvalue weighted by Gasteiger charge is -2.36. The van der Waals surface area contributed by atoms with Gasteiger partial charge in [0, 0.05) is 17.4 Å². The summed E-state index contributed by atoms with van der Waals surface area (Å²) in [6.45, 7) is 7.40. The first-order valence-corrected chi connectivity index (χ1v) is 21.3. The van der Waals surface area contributed by atoms with E-state index >= 15 is 8.78 Å². The highest BCUT2D eigenvalue weighted by Crippen LogP contribution is 2.50. The number of sulfonamides is 1. The second-order valence-corrected chi connectivity index (χ2v) is 20.4. The number of carbonyl (C=O) groups is 4. The number of nitrogens with zero attached hydrogens (tertiary/aromatic N) is 3. The van der Waals surface area contributed by atoms with Gasteiger partial charge in [-0.25, -0.2) is 32.0 Å². The Morgan fingerprint density at radius 1 is 1.05 bits per heavy atom. The summed E-state index contributed by atoms with van der Waals surface area (Å²) in [7, 11) is -4.31. The lowest BCUT2D eigenvalue weighted by atomic mass is 9.85. The molecule has 8 atom stereocenters. The molecular weight excluding hydrogens is 812 g/mol. The minimum atomic E-state index is -4.31. The Morgan fingerprint density at radius 3 is 2.40 bits per heavy atom. The molecule has 318 valence electrons. The Kier molecular flexibility index (Phi) is 10.6. The van der Waals surface area contributed by atoms with Gasteiger partial charge in [0.1, 0.15) is 29.8 Å². The van der Waals surface area contributed by atoms with Crippen molar-refractivity contribution in [1.82, 2.24) is 30.2 Å². The molecule has 20 heteroatoms. The summed E-state index contributed by atoms with van der Waals surface area (Å²) in [4.78, 5) is 65.6. The summed E-state index contributed by atoms with van der Waals surface area (Å²) < 4.78 is 99.4. The van der Waals surface area contributed by atoms with Gasteiger partial charge >= 0.3 is 6.09 Å². The number of alkyl carbamates (subject to hydrolysis) is 1. The van der Waals surface area contributed by atoms with E-state index in [1.165, 1.54) is 32.0 Å². The van der Waals surface area contributed by atoms with Gasteiger partial charge in [0.15, 0.2) is 5.69 Å². The van der Waals surface area contributed by atoms with Gasteiger partial charge in [-0.15, -0.1) is 0 Å². The molecule has 3 saturated carbocycles. The summed E-state index contributed by atoms with van der Waals surface area (Å²) in [5.41, 5.74) is -3.89. The molecule has 4 amide bonds. The second kappa shape index (κ2) is 14.6. The zero-order chi connectivity index (χ0) is 42.3. The van der Waals surface area contributed by atoms with Crippen molar-refractivity contribution in [3.8, 4) is 5.88 Å². The molecule has 5 aliphatic rings. The van der Waals surface area contributed by atoms with Crippen LogP contribution in [0.1, 0.15) is 91.7 Å². The molecule has 58 heavy (non-hydrogen) atoms. The van der Waals surface area contributed by atoms with Crippen LogP contribution in [0.5, 0.6) is 5.88 Å². The fraction of sp³-hybridized carbons (Fsp3) is 0.684. The summed E-state index contributed by atoms with van der Waals surface area (Å²) in [6, 6.07) is 1.38. The van der Waals surface area contributed by atoms with E-state index < -0.39 is 129 Å². The number of fused-ring (bicyclic) bond motifs is 5. The lowest BCUT2D eigenvalue weighted by molar-refractivity contribution is -0.143. The third-order valence-corrected chi connectivity index (χ3v) is 14.7. The van der Waals surface area contributed by atoms with Crippen molar-refractivity contribution in [2.45, 2.75) is 133 Å². The molecule has 3 N–H and O–H groups in total. The fourth-order valence-electron chi connectivity index (χ4n) is 7.96. The molecule has 3 aliphatic carbocycles. The van der Waals surface area contributed by atoms with E-state index in [1.54, 1.807) is 20.8 Å². The number of rotatable bonds is 6. The molecule has 3 heterocycles. The Hall–Kier alpha value is -4.00. The molecule has 1 aromatic carbocycles. The van der Waals surface area contributed by atoms with Gasteiger partial charge in [0.25, 0.3) is 11.8 Å². The average molecular weight is 859 g/mol. The fourth-order valence-corrected chi connectivity index (χ4v) is 9.44. The van der Waals surface area contributed by atoms with Gasteiger partial charge in [-0.3, -0.25) is 19.1 Å². The number of hydrogen-bond donors (Lipinski definition) is 3. The maximum absolute atomic E-state index is 16.2. The number of hydrogen-bond acceptors (Lipinski definition) is 10. The van der Waals surface area contributed by atoms with Gasteiger partial charge in [0.2, 0.25) is 34.1 Å². The Balaban J connectivity index is 1.28. The highest BCUT2D eigenvalue weighted by atomic mass is 35.5. The molecule has 2 aliphatic heterocycles. The van der Waals surface area contributed by atoms with E-state index in [-0.39, 0.29) is 41.2 Å². The second-order valence-electron chi connectivity index (χ2n) is 17.8. The van der Waals surface area contributed by atoms with Crippen LogP contribution in [0.3, 0.4) is 0 Å². The van der Waals surface area contributed by atoms with E-state index in [0.29, 0.717) is 19.3 Å². The average Bonchev–Trinajstić information content (AvgIpc) is 4.07. The molecule has 14 nitrogen and oxygen atoms in total. The van der Waals surface area contributed by atoms with Gasteiger partial charge in [-0.1, -0.05) is 45.7 Å². The van der Waals surface area contributed by atoms with Crippen molar-refractivity contribution in [2.75, 3.05) is 6.54 Å². The minimum Gasteiger partial charge on any atom is -0.471 e. The van der Waals surface area contributed by atoms with E-state index in [9.17, 15) is 36.4 Å². The Labute approximate surface area is 337 Å². The SMILES string of the molecule is C[C@@H]1[C@@H]2CN(C(=O)[C@H](C(C)(C)C)NC(=O)O[C@@H]3C[C@H]3CCCCC(F)(F)c3nc4ccc(Cl)cc4nc3O2)[C@@H]1C(=O)N[C@]1(C(=O)NS(=O)(=O)C2(C)CC2)C[C@H]1C(F)F. The predicted octanol–water partition coefficient (Wildman–Crippen LogP) is 5.21. The highest BCUT2D eigenvalue weighted by Gasteiger charge is 2.67. The smallest absolute Gasteiger partial charge is 0.408 e. The van der Waals surface area contributed by atoms with Crippen molar-refractivity contribution in [3.05, 3.63) is 28.9 Å². The maximum Gasteiger partial charge on any atom is 0.408 e. The molecule has 1 saturated heterocycles. The van der Waals surface area contributed by atoms with Crippen LogP contribution in [0.4, 0.5) is 22.4 Å². The molecule has 0 unspecified atom stereocenters. The van der Waals surface area contributed by atoms with Gasteiger partial charge in [-0.2, -0.15) is 8.78 Å². The quantitative estimate of drug-likeness (QED) is 0.326. The number of ether oxygens (including phenoxy) is 2. The normalized spacial score (nSPS) is 32.1. The highest BCUT2D eigenvalue weighted by molar-refractivity contribution is 7.91. The molecule has 2 bridgehead atoms. The van der Waals surface area contributed by atoms with Crippen LogP contribution in [0.2, 0.25) is 5.02 Å². The van der Waals surface area contributed by atoms with Crippen LogP contribution >= 0.6 is 11.6 Å². The summed E-state index contributed by atoms with van der Waals surface area (Å²) in [5, 5.41) is 5.24. The van der Waals surface area contributed by atoms with E-state index in [4.69, 9.17) is 21.1 Å². The molecule has 4 fully saturated rings. The van der Waals surface area contributed by atoms with Crippen LogP contribution in [0, 0.1) is 23.2 Å². The van der Waals surface area contributed by atoms with Crippen molar-refractivity contribution < 1.29 is 54.6 Å². The van der Waals surface area contributed by atoms with Gasteiger partial charge in [0.05, 0.1) is 28.2 Å². The molecule has 2 aromatic rings. The Bertz CT molecular complexity index is 2140. The number of aromatic nitrogens is 2. The summed E-state index contributed by atoms with van der Waals surface area (Å²) in [5.74, 6) is -10.3. The van der Waals surface area contributed by atoms with Gasteiger partial charge < -0.3 is 25.0 Å². The number of halogens is 5. The first kappa shape index (κ1) is 42.1. The van der Waals surface area contributed by atoms with Crippen LogP contribution < -0.4 is 20.1 Å². The number of nitrogens with one attached hydrogen (secondary N) is 3. The van der Waals surface area contributed by atoms with Gasteiger partial charge in [-0.05, 0) is 75.0 Å². The molecule has 7 rings (SSSR count). The number of amides is 4. The standard InChI is InChI=1S/C38H47ClF4N6O8S/c1-18-25-17-49(26(18)30(50)47-37(16-21(37)29(40)41)33(52)48-58(54,55)36(5)12-13-36)32(51)28(35(2,3)4)46-34(53)57-24-14-19(24)8-6-7-11-38(42,43)27-31(56-25)45-23-15-20(39)9-10-22(23)44-27/h9-10,15,18-19,21,24-26,28-29H,6-8,11-14,16-17H2,1-5H3,(H,46,53)(H,47,50)(H,48,52)/t18-,19-,21+,24-,25+,26+,28-,37-/m1/s1. The molecule has 1 aromatic heterocycles. The van der Waals surface area contributed by atoms with Crippen LogP contribution in [0.15, 0.2) is 18.2 Å². The largest absolute Gasteiger partial charge is 0.471 e. The zero-order valence-corrected chi connectivity index (χ0v) is 34.2. The third kappa shape index (κ3) is 8.00. The number of benzene rings is 1. The summed E-state index contributed by atoms with van der Waals surface area (Å²) >= 11 is 6.20. The monoisotopic (exact) mass is 858 g/mol. The van der Waals surface area contributed by atoms with Crippen molar-refractivity contribution in [2.24, 2.45) is 23.2 Å². The summed E-state index contributed by atoms with van der Waals surface area (Å²) in [6.07, 6.45) is -5.00. The molecule has 0 spiro atoms. The third-order valence-electron chi connectivity index (χ3n) is 12.3. The van der Waals surface area contributed by atoms with Crippen molar-refractivity contribution in [3.63, 3.8) is 0 Å². The zero-order valence-electron chi connectivity index (χ0n) is 32.6. The number of carbonyl (C=O) groups excluding carboxylic acids is 4. The van der Waals surface area contributed by atoms with Crippen LogP contribution in [-0.2, 0) is 35.1 Å². The van der Waals surface area contributed by atoms with E-state index in [1.807, 2.05) is 4.72 Å². The van der Waals surface area contributed by atoms with E-state index in [0.717, 1.165) is 4.90 Å². The Morgan fingerprint density at radius 2 is 1.76 bits per heavy atom. The van der Waals surface area contributed by atoms with E-state index in [2.05, 4.69) is 20.6 Å². The first-order valence-electron chi connectivity index (χ1n) is 19.4. The first-order chi connectivity index (χ1) is 27.0. The topological polar surface area (TPSA) is 186 Å². The van der Waals surface area contributed by atoms with Crippen molar-refractivity contribution in [1.29, 1.82) is 0 Å². The predicted molar refractivity (Wildman–Crippen MR) is 200 cm³/mol.